The Morgan fingerprint density at radius 2 is 2.29 bits per heavy atom. The number of hydrogen-bond acceptors (Lipinski definition) is 5. The third-order valence-electron chi connectivity index (χ3n) is 2.93. The van der Waals surface area contributed by atoms with Gasteiger partial charge in [-0.25, -0.2) is 9.78 Å². The Labute approximate surface area is 105 Å². The van der Waals surface area contributed by atoms with Crippen molar-refractivity contribution in [3.8, 4) is 0 Å². The molecular formula is C11H17N3O2S. The molecule has 94 valence electrons. The van der Waals surface area contributed by atoms with Crippen molar-refractivity contribution in [2.45, 2.75) is 13.0 Å². The van der Waals surface area contributed by atoms with E-state index in [9.17, 15) is 4.79 Å². The number of carbonyl (C=O) groups is 1. The van der Waals surface area contributed by atoms with Gasteiger partial charge >= 0.3 is 5.97 Å². The van der Waals surface area contributed by atoms with Crippen molar-refractivity contribution in [1.82, 2.24) is 14.8 Å². The fraction of sp³-hybridized carbons (Fsp3) is 0.636. The van der Waals surface area contributed by atoms with Gasteiger partial charge in [0.05, 0.1) is 5.69 Å². The Hall–Kier alpha value is -0.980. The van der Waals surface area contributed by atoms with E-state index in [4.69, 9.17) is 5.11 Å². The lowest BCUT2D eigenvalue weighted by Gasteiger charge is -2.18. The zero-order valence-electron chi connectivity index (χ0n) is 9.93. The summed E-state index contributed by atoms with van der Waals surface area (Å²) in [6.07, 6.45) is 1.16. The molecule has 1 aliphatic heterocycles. The average molecular weight is 255 g/mol. The van der Waals surface area contributed by atoms with Gasteiger partial charge in [-0.15, -0.1) is 11.3 Å². The van der Waals surface area contributed by atoms with Crippen LogP contribution in [0.2, 0.25) is 0 Å². The molecule has 6 heteroatoms. The second kappa shape index (κ2) is 5.57. The third-order valence-corrected chi connectivity index (χ3v) is 3.81. The summed E-state index contributed by atoms with van der Waals surface area (Å²) in [5.41, 5.74) is 0.872. The molecule has 1 N–H and O–H groups in total. The topological polar surface area (TPSA) is 56.7 Å². The number of nitrogens with zero attached hydrogens (tertiary/aromatic N) is 3. The van der Waals surface area contributed by atoms with Crippen LogP contribution in [0.15, 0.2) is 5.38 Å². The molecule has 2 rings (SSSR count). The van der Waals surface area contributed by atoms with E-state index >= 15 is 0 Å². The van der Waals surface area contributed by atoms with Gasteiger partial charge in [-0.1, -0.05) is 0 Å². The monoisotopic (exact) mass is 255 g/mol. The van der Waals surface area contributed by atoms with Crippen LogP contribution in [0, 0.1) is 0 Å². The largest absolute Gasteiger partial charge is 0.476 e. The van der Waals surface area contributed by atoms with Gasteiger partial charge in [-0.3, -0.25) is 4.90 Å². The number of rotatable bonds is 3. The molecule has 0 spiro atoms. The number of carboxylic acids is 1. The molecule has 0 aliphatic carbocycles. The summed E-state index contributed by atoms with van der Waals surface area (Å²) in [7, 11) is 2.13. The molecule has 2 heterocycles. The van der Waals surface area contributed by atoms with Crippen molar-refractivity contribution in [3.63, 3.8) is 0 Å². The zero-order valence-corrected chi connectivity index (χ0v) is 10.7. The highest BCUT2D eigenvalue weighted by atomic mass is 32.1. The Kier molecular flexibility index (Phi) is 4.09. The summed E-state index contributed by atoms with van der Waals surface area (Å²) in [6, 6.07) is 0. The van der Waals surface area contributed by atoms with Gasteiger partial charge in [-0.2, -0.15) is 0 Å². The number of likely N-dealkylation sites (N-methyl/N-ethyl adjacent to an activating group) is 1. The summed E-state index contributed by atoms with van der Waals surface area (Å²) < 4.78 is 0. The van der Waals surface area contributed by atoms with Crippen LogP contribution in [-0.2, 0) is 6.54 Å². The lowest BCUT2D eigenvalue weighted by atomic mass is 10.3. The number of carboxylic acid groups (broad SMARTS) is 1. The summed E-state index contributed by atoms with van der Waals surface area (Å²) in [4.78, 5) is 19.5. The second-order valence-electron chi connectivity index (χ2n) is 4.38. The predicted molar refractivity (Wildman–Crippen MR) is 66.5 cm³/mol. The number of hydrogen-bond donors (Lipinski definition) is 1. The van der Waals surface area contributed by atoms with Gasteiger partial charge in [-0.05, 0) is 26.6 Å². The second-order valence-corrected chi connectivity index (χ2v) is 5.24. The summed E-state index contributed by atoms with van der Waals surface area (Å²) in [5.74, 6) is -0.933. The van der Waals surface area contributed by atoms with Gasteiger partial charge in [0.2, 0.25) is 5.01 Å². The van der Waals surface area contributed by atoms with E-state index in [1.807, 2.05) is 5.38 Å². The van der Waals surface area contributed by atoms with Crippen LogP contribution < -0.4 is 0 Å². The lowest BCUT2D eigenvalue weighted by Crippen LogP contribution is -2.28. The van der Waals surface area contributed by atoms with E-state index in [1.165, 1.54) is 11.3 Å². The van der Waals surface area contributed by atoms with Crippen molar-refractivity contribution >= 4 is 17.3 Å². The molecule has 0 unspecified atom stereocenters. The van der Waals surface area contributed by atoms with Gasteiger partial charge in [0.15, 0.2) is 0 Å². The fourth-order valence-corrected chi connectivity index (χ4v) is 2.61. The Balaban J connectivity index is 1.93. The first kappa shape index (κ1) is 12.5. The van der Waals surface area contributed by atoms with E-state index in [0.717, 1.165) is 44.8 Å². The molecule has 0 atom stereocenters. The smallest absolute Gasteiger partial charge is 0.365 e. The van der Waals surface area contributed by atoms with E-state index in [0.29, 0.717) is 0 Å². The molecule has 0 radical (unpaired) electrons. The van der Waals surface area contributed by atoms with Crippen molar-refractivity contribution in [2.24, 2.45) is 0 Å². The highest BCUT2D eigenvalue weighted by Crippen LogP contribution is 2.13. The van der Waals surface area contributed by atoms with Gasteiger partial charge in [0.1, 0.15) is 0 Å². The quantitative estimate of drug-likeness (QED) is 0.872. The molecule has 0 amide bonds. The van der Waals surface area contributed by atoms with Crippen molar-refractivity contribution in [3.05, 3.63) is 16.1 Å². The molecule has 1 fully saturated rings. The molecule has 17 heavy (non-hydrogen) atoms. The van der Waals surface area contributed by atoms with Gasteiger partial charge < -0.3 is 10.0 Å². The van der Waals surface area contributed by atoms with Crippen LogP contribution in [0.4, 0.5) is 0 Å². The summed E-state index contributed by atoms with van der Waals surface area (Å²) in [5, 5.41) is 10.8. The molecule has 0 saturated carbocycles. The summed E-state index contributed by atoms with van der Waals surface area (Å²) >= 11 is 1.20. The van der Waals surface area contributed by atoms with E-state index < -0.39 is 5.97 Å². The van der Waals surface area contributed by atoms with Crippen LogP contribution in [0.1, 0.15) is 21.9 Å². The third kappa shape index (κ3) is 3.49. The Morgan fingerprint density at radius 1 is 1.47 bits per heavy atom. The van der Waals surface area contributed by atoms with Crippen LogP contribution in [0.25, 0.3) is 0 Å². The highest BCUT2D eigenvalue weighted by Gasteiger charge is 2.15. The molecule has 1 aromatic rings. The zero-order chi connectivity index (χ0) is 12.3. The fourth-order valence-electron chi connectivity index (χ4n) is 1.97. The van der Waals surface area contributed by atoms with Gasteiger partial charge in [0, 0.05) is 25.0 Å². The maximum absolute atomic E-state index is 10.7. The van der Waals surface area contributed by atoms with Crippen LogP contribution in [0.3, 0.4) is 0 Å². The van der Waals surface area contributed by atoms with E-state index in [2.05, 4.69) is 21.8 Å². The first-order valence-corrected chi connectivity index (χ1v) is 6.62. The van der Waals surface area contributed by atoms with Crippen molar-refractivity contribution in [2.75, 3.05) is 33.2 Å². The van der Waals surface area contributed by atoms with Crippen LogP contribution >= 0.6 is 11.3 Å². The molecule has 0 bridgehead atoms. The number of aromatic nitrogens is 1. The normalized spacial score (nSPS) is 19.1. The first-order chi connectivity index (χ1) is 8.15. The summed E-state index contributed by atoms with van der Waals surface area (Å²) in [6.45, 7) is 5.04. The standard InChI is InChI=1S/C11H17N3O2S/c1-13-3-2-4-14(6-5-13)7-9-8-17-10(12-9)11(15)16/h8H,2-7H2,1H3,(H,15,16). The Bertz CT molecular complexity index is 394. The number of thiazole rings is 1. The minimum atomic E-state index is -0.933. The SMILES string of the molecule is CN1CCCN(Cc2csc(C(=O)O)n2)CC1. The van der Waals surface area contributed by atoms with Crippen LogP contribution in [-0.4, -0.2) is 59.1 Å². The van der Waals surface area contributed by atoms with Gasteiger partial charge in [0.25, 0.3) is 0 Å². The maximum atomic E-state index is 10.7. The van der Waals surface area contributed by atoms with Crippen molar-refractivity contribution < 1.29 is 9.90 Å². The predicted octanol–water partition coefficient (Wildman–Crippen LogP) is 0.979. The van der Waals surface area contributed by atoms with Crippen LogP contribution in [0.5, 0.6) is 0 Å². The maximum Gasteiger partial charge on any atom is 0.365 e. The molecular weight excluding hydrogens is 238 g/mol. The highest BCUT2D eigenvalue weighted by molar-refractivity contribution is 7.11. The lowest BCUT2D eigenvalue weighted by molar-refractivity contribution is 0.0696. The first-order valence-electron chi connectivity index (χ1n) is 5.74. The number of aromatic carboxylic acids is 1. The molecule has 5 nitrogen and oxygen atoms in total. The van der Waals surface area contributed by atoms with E-state index in [-0.39, 0.29) is 5.01 Å². The minimum Gasteiger partial charge on any atom is -0.476 e. The molecule has 1 aliphatic rings. The molecule has 0 aromatic carbocycles. The van der Waals surface area contributed by atoms with Crippen molar-refractivity contribution in [1.29, 1.82) is 0 Å². The minimum absolute atomic E-state index is 0.187. The Morgan fingerprint density at radius 3 is 3.00 bits per heavy atom. The molecule has 1 saturated heterocycles. The molecule has 1 aromatic heterocycles. The van der Waals surface area contributed by atoms with E-state index in [1.54, 1.807) is 0 Å². The average Bonchev–Trinajstić information content (AvgIpc) is 2.65.